The number of carboxylic acids is 1. The van der Waals surface area contributed by atoms with Crippen LogP contribution in [0.4, 0.5) is 18.9 Å². The van der Waals surface area contributed by atoms with Crippen molar-refractivity contribution in [2.45, 2.75) is 24.9 Å². The maximum absolute atomic E-state index is 13.8. The molecule has 0 bridgehead atoms. The summed E-state index contributed by atoms with van der Waals surface area (Å²) in [5, 5.41) is 12.8. The maximum Gasteiger partial charge on any atom is 0.573 e. The van der Waals surface area contributed by atoms with Crippen LogP contribution in [0.2, 0.25) is 0 Å². The van der Waals surface area contributed by atoms with Gasteiger partial charge in [-0.3, -0.25) is 9.59 Å². The van der Waals surface area contributed by atoms with E-state index in [-0.39, 0.29) is 23.2 Å². The molecule has 0 saturated carbocycles. The Morgan fingerprint density at radius 3 is 2.33 bits per heavy atom. The van der Waals surface area contributed by atoms with Crippen molar-refractivity contribution in [2.75, 3.05) is 5.32 Å². The van der Waals surface area contributed by atoms with E-state index in [4.69, 9.17) is 0 Å². The first kappa shape index (κ1) is 25.5. The van der Waals surface area contributed by atoms with E-state index in [2.05, 4.69) is 10.1 Å². The molecule has 186 valence electrons. The van der Waals surface area contributed by atoms with E-state index in [0.717, 1.165) is 17.0 Å². The van der Waals surface area contributed by atoms with Gasteiger partial charge in [-0.1, -0.05) is 42.5 Å². The molecule has 1 heterocycles. The number of hydrogen-bond acceptors (Lipinski definition) is 4. The van der Waals surface area contributed by atoms with Gasteiger partial charge in [-0.15, -0.1) is 13.2 Å². The van der Waals surface area contributed by atoms with Crippen molar-refractivity contribution in [1.29, 1.82) is 0 Å². The second-order valence-corrected chi connectivity index (χ2v) is 9.20. The van der Waals surface area contributed by atoms with Gasteiger partial charge in [0.15, 0.2) is 0 Å². The summed E-state index contributed by atoms with van der Waals surface area (Å²) in [4.78, 5) is 40.6. The molecular weight excluding hydrogens is 592 g/mol. The third kappa shape index (κ3) is 5.61. The van der Waals surface area contributed by atoms with E-state index < -0.39 is 42.0 Å². The molecule has 1 aliphatic rings. The topological polar surface area (TPSA) is 95.9 Å². The van der Waals surface area contributed by atoms with Gasteiger partial charge in [0.2, 0.25) is 0 Å². The molecule has 2 unspecified atom stereocenters. The number of anilines is 1. The third-order valence-electron chi connectivity index (χ3n) is 5.55. The summed E-state index contributed by atoms with van der Waals surface area (Å²) in [6.45, 7) is 0. The quantitative estimate of drug-likeness (QED) is 0.383. The van der Waals surface area contributed by atoms with Gasteiger partial charge in [0.1, 0.15) is 17.8 Å². The minimum absolute atomic E-state index is 0.0970. The van der Waals surface area contributed by atoms with Crippen molar-refractivity contribution in [3.63, 3.8) is 0 Å². The van der Waals surface area contributed by atoms with Gasteiger partial charge in [0.05, 0.1) is 11.3 Å². The van der Waals surface area contributed by atoms with Crippen molar-refractivity contribution in [3.05, 3.63) is 93.1 Å². The summed E-state index contributed by atoms with van der Waals surface area (Å²) in [6, 6.07) is 14.9. The minimum atomic E-state index is -4.91. The standard InChI is InChI=1S/C25H18F3IN2O5/c26-25(27,28)36-17-9-6-15(7-10-17)21-22(32)30-19-11-8-16(29)13-18(19)23(33)31(21)20(24(34)35)12-14-4-2-1-3-5-14/h1-11,13,20-21H,12H2,(H,30,32)(H,34,35). The third-order valence-corrected chi connectivity index (χ3v) is 6.22. The minimum Gasteiger partial charge on any atom is -0.480 e. The predicted molar refractivity (Wildman–Crippen MR) is 131 cm³/mol. The van der Waals surface area contributed by atoms with Gasteiger partial charge in [-0.05, 0) is 64.0 Å². The molecule has 0 aromatic heterocycles. The van der Waals surface area contributed by atoms with Gasteiger partial charge >= 0.3 is 12.3 Å². The Morgan fingerprint density at radius 1 is 1.06 bits per heavy atom. The van der Waals surface area contributed by atoms with Crippen molar-refractivity contribution in [3.8, 4) is 5.75 Å². The van der Waals surface area contributed by atoms with Gasteiger partial charge in [0, 0.05) is 9.99 Å². The Kier molecular flexibility index (Phi) is 7.20. The molecule has 0 saturated heterocycles. The number of carboxylic acid groups (broad SMARTS) is 1. The molecule has 2 N–H and O–H groups in total. The zero-order valence-corrected chi connectivity index (χ0v) is 20.5. The molecule has 0 radical (unpaired) electrons. The fourth-order valence-electron chi connectivity index (χ4n) is 4.01. The molecule has 3 aromatic rings. The largest absolute Gasteiger partial charge is 0.573 e. The molecule has 7 nitrogen and oxygen atoms in total. The van der Waals surface area contributed by atoms with E-state index in [1.54, 1.807) is 42.5 Å². The normalized spacial score (nSPS) is 16.6. The fourth-order valence-corrected chi connectivity index (χ4v) is 4.50. The monoisotopic (exact) mass is 610 g/mol. The molecule has 0 aliphatic carbocycles. The first-order valence-corrected chi connectivity index (χ1v) is 11.7. The number of alkyl halides is 3. The Bertz CT molecular complexity index is 1300. The Hall–Kier alpha value is -3.61. The highest BCUT2D eigenvalue weighted by Crippen LogP contribution is 2.35. The van der Waals surface area contributed by atoms with E-state index in [1.165, 1.54) is 18.2 Å². The van der Waals surface area contributed by atoms with Crippen LogP contribution < -0.4 is 10.1 Å². The summed E-state index contributed by atoms with van der Waals surface area (Å²) in [5.41, 5.74) is 1.06. The fraction of sp³-hybridized carbons (Fsp3) is 0.160. The van der Waals surface area contributed by atoms with Crippen LogP contribution in [0.5, 0.6) is 5.75 Å². The Balaban J connectivity index is 1.83. The second-order valence-electron chi connectivity index (χ2n) is 7.95. The van der Waals surface area contributed by atoms with Crippen LogP contribution in [0.25, 0.3) is 0 Å². The average molecular weight is 610 g/mol. The number of hydrogen-bond donors (Lipinski definition) is 2. The first-order chi connectivity index (χ1) is 17.0. The van der Waals surface area contributed by atoms with Crippen LogP contribution in [0.3, 0.4) is 0 Å². The van der Waals surface area contributed by atoms with Crippen molar-refractivity contribution in [2.24, 2.45) is 0 Å². The van der Waals surface area contributed by atoms with Crippen LogP contribution in [0.1, 0.15) is 27.5 Å². The molecule has 2 atom stereocenters. The van der Waals surface area contributed by atoms with Gasteiger partial charge < -0.3 is 20.1 Å². The number of nitrogens with one attached hydrogen (secondary N) is 1. The van der Waals surface area contributed by atoms with Gasteiger partial charge in [-0.2, -0.15) is 0 Å². The number of rotatable bonds is 6. The maximum atomic E-state index is 13.8. The summed E-state index contributed by atoms with van der Waals surface area (Å²) in [5.74, 6) is -3.26. The lowest BCUT2D eigenvalue weighted by atomic mass is 9.98. The number of halogens is 4. The molecule has 0 fully saturated rings. The summed E-state index contributed by atoms with van der Waals surface area (Å²) < 4.78 is 42.4. The summed E-state index contributed by atoms with van der Waals surface area (Å²) >= 11 is 2.00. The van der Waals surface area contributed by atoms with Crippen molar-refractivity contribution in [1.82, 2.24) is 4.90 Å². The SMILES string of the molecule is O=C(O)C(Cc1ccccc1)N1C(=O)c2cc(I)ccc2NC(=O)C1c1ccc(OC(F)(F)F)cc1. The molecule has 0 spiro atoms. The number of benzene rings is 3. The Morgan fingerprint density at radius 2 is 1.72 bits per heavy atom. The van der Waals surface area contributed by atoms with Crippen molar-refractivity contribution < 1.29 is 37.4 Å². The number of ether oxygens (including phenoxy) is 1. The Labute approximate surface area is 217 Å². The first-order valence-electron chi connectivity index (χ1n) is 10.6. The van der Waals surface area contributed by atoms with E-state index in [1.807, 2.05) is 22.6 Å². The number of nitrogens with zero attached hydrogens (tertiary/aromatic N) is 1. The lowest BCUT2D eigenvalue weighted by Gasteiger charge is -2.34. The van der Waals surface area contributed by atoms with Crippen LogP contribution in [0.15, 0.2) is 72.8 Å². The van der Waals surface area contributed by atoms with Gasteiger partial charge in [-0.25, -0.2) is 4.79 Å². The highest BCUT2D eigenvalue weighted by Gasteiger charge is 2.43. The molecule has 4 rings (SSSR count). The van der Waals surface area contributed by atoms with E-state index in [0.29, 0.717) is 9.13 Å². The zero-order chi connectivity index (χ0) is 26.0. The van der Waals surface area contributed by atoms with Crippen LogP contribution in [-0.2, 0) is 16.0 Å². The summed E-state index contributed by atoms with van der Waals surface area (Å²) in [6.07, 6.45) is -5.01. The molecule has 3 aromatic carbocycles. The molecule has 11 heteroatoms. The van der Waals surface area contributed by atoms with E-state index >= 15 is 0 Å². The molecule has 1 aliphatic heterocycles. The summed E-state index contributed by atoms with van der Waals surface area (Å²) in [7, 11) is 0. The van der Waals surface area contributed by atoms with Crippen molar-refractivity contribution >= 4 is 46.1 Å². The zero-order valence-electron chi connectivity index (χ0n) is 18.3. The van der Waals surface area contributed by atoms with Crippen LogP contribution >= 0.6 is 22.6 Å². The van der Waals surface area contributed by atoms with Crippen LogP contribution in [-0.4, -0.2) is 40.2 Å². The second kappa shape index (κ2) is 10.2. The predicted octanol–water partition coefficient (Wildman–Crippen LogP) is 5.02. The van der Waals surface area contributed by atoms with Gasteiger partial charge in [0.25, 0.3) is 11.8 Å². The lowest BCUT2D eigenvalue weighted by Crippen LogP contribution is -2.50. The highest BCUT2D eigenvalue weighted by atomic mass is 127. The number of carbonyl (C=O) groups is 3. The number of amides is 2. The number of fused-ring (bicyclic) bond motifs is 1. The molecule has 36 heavy (non-hydrogen) atoms. The molecule has 2 amide bonds. The number of aliphatic carboxylic acids is 1. The number of carbonyl (C=O) groups excluding carboxylic acids is 2. The highest BCUT2D eigenvalue weighted by molar-refractivity contribution is 14.1. The lowest BCUT2D eigenvalue weighted by molar-refractivity contribution is -0.274. The smallest absolute Gasteiger partial charge is 0.480 e. The van der Waals surface area contributed by atoms with E-state index in [9.17, 15) is 32.7 Å². The van der Waals surface area contributed by atoms with Crippen LogP contribution in [0, 0.1) is 3.57 Å². The molecular formula is C25H18F3IN2O5. The average Bonchev–Trinajstić information content (AvgIpc) is 2.92.